The Bertz CT molecular complexity index is 1010. The molecule has 4 atom stereocenters. The Labute approximate surface area is 196 Å². The molecule has 2 N–H and O–H groups in total. The molecule has 2 aromatic rings. The number of carbonyl (C=O) groups is 2. The number of thiophene rings is 1. The average Bonchev–Trinajstić information content (AvgIpc) is 3.16. The molecule has 3 aliphatic rings. The predicted octanol–water partition coefficient (Wildman–Crippen LogP) is 6.65. The number of carboxylic acids is 1. The number of hydrogen-bond acceptors (Lipinski definition) is 3. The molecule has 0 radical (unpaired) electrons. The zero-order valence-corrected chi connectivity index (χ0v) is 20.5. The standard InChI is InChI=1S/C25H30BrNO3S/c1-25(2)16-12-15(8-5-3-4-6-11-21(28)29)23(18(25)13-16)27-24(30)17-14-31-20-10-7-9-19(26)22(17)20/h3,5,7,9-10,14-16,18,23H,4,6,8,11-13H2,1-2H3,(H,27,30)(H,28,29)/b5-3+. The van der Waals surface area contributed by atoms with Crippen LogP contribution in [-0.4, -0.2) is 23.0 Å². The number of amides is 1. The van der Waals surface area contributed by atoms with Gasteiger partial charge in [0.15, 0.2) is 0 Å². The van der Waals surface area contributed by atoms with Crippen LogP contribution in [0, 0.1) is 23.2 Å². The summed E-state index contributed by atoms with van der Waals surface area (Å²) in [5.41, 5.74) is 1.03. The lowest BCUT2D eigenvalue weighted by molar-refractivity contribution is -0.137. The van der Waals surface area contributed by atoms with Crippen molar-refractivity contribution in [3.8, 4) is 0 Å². The molecule has 0 aliphatic heterocycles. The number of aliphatic carboxylic acids is 1. The van der Waals surface area contributed by atoms with E-state index in [4.69, 9.17) is 5.11 Å². The van der Waals surface area contributed by atoms with Crippen LogP contribution in [0.25, 0.3) is 10.1 Å². The molecular formula is C25H30BrNO3S. The maximum atomic E-state index is 13.3. The van der Waals surface area contributed by atoms with Gasteiger partial charge in [-0.25, -0.2) is 0 Å². The van der Waals surface area contributed by atoms with Crippen LogP contribution in [0.4, 0.5) is 0 Å². The summed E-state index contributed by atoms with van der Waals surface area (Å²) in [6, 6.07) is 6.22. The van der Waals surface area contributed by atoms with Crippen molar-refractivity contribution in [1.29, 1.82) is 0 Å². The van der Waals surface area contributed by atoms with Crippen LogP contribution in [0.15, 0.2) is 40.2 Å². The van der Waals surface area contributed by atoms with Crippen molar-refractivity contribution < 1.29 is 14.7 Å². The summed E-state index contributed by atoms with van der Waals surface area (Å²) in [7, 11) is 0. The lowest BCUT2D eigenvalue weighted by Crippen LogP contribution is -2.63. The molecule has 4 nitrogen and oxygen atoms in total. The second-order valence-corrected chi connectivity index (χ2v) is 11.4. The van der Waals surface area contributed by atoms with Gasteiger partial charge >= 0.3 is 5.97 Å². The van der Waals surface area contributed by atoms with Gasteiger partial charge in [-0.2, -0.15) is 0 Å². The molecule has 3 fully saturated rings. The molecule has 2 bridgehead atoms. The van der Waals surface area contributed by atoms with Gasteiger partial charge in [-0.05, 0) is 67.4 Å². The SMILES string of the molecule is CC1(C)C2CC(C/C=C/CCCC(=O)O)C(NC(=O)c3csc4cccc(Br)c34)C1C2. The van der Waals surface area contributed by atoms with E-state index < -0.39 is 5.97 Å². The molecule has 3 aliphatic carbocycles. The maximum Gasteiger partial charge on any atom is 0.303 e. The quantitative estimate of drug-likeness (QED) is 0.313. The van der Waals surface area contributed by atoms with Crippen LogP contribution < -0.4 is 5.32 Å². The molecular weight excluding hydrogens is 474 g/mol. The van der Waals surface area contributed by atoms with Gasteiger partial charge in [0.05, 0.1) is 5.56 Å². The first kappa shape index (κ1) is 22.5. The first-order chi connectivity index (χ1) is 14.8. The number of rotatable bonds is 8. The summed E-state index contributed by atoms with van der Waals surface area (Å²) in [6.07, 6.45) is 9.27. The number of allylic oxidation sites excluding steroid dienone is 2. The molecule has 1 aromatic carbocycles. The third-order valence-corrected chi connectivity index (χ3v) is 9.14. The van der Waals surface area contributed by atoms with Crippen LogP contribution in [0.1, 0.15) is 62.7 Å². The highest BCUT2D eigenvalue weighted by Crippen LogP contribution is 2.61. The Hall–Kier alpha value is -1.66. The number of hydrogen-bond donors (Lipinski definition) is 2. The normalized spacial score (nSPS) is 26.7. The van der Waals surface area contributed by atoms with Crippen molar-refractivity contribution in [2.24, 2.45) is 23.2 Å². The molecule has 31 heavy (non-hydrogen) atoms. The lowest BCUT2D eigenvalue weighted by Gasteiger charge is -2.62. The van der Waals surface area contributed by atoms with E-state index in [0.29, 0.717) is 18.3 Å². The second-order valence-electron chi connectivity index (χ2n) is 9.61. The molecule has 5 rings (SSSR count). The van der Waals surface area contributed by atoms with Gasteiger partial charge in [0.25, 0.3) is 5.91 Å². The number of carbonyl (C=O) groups excluding carboxylic acids is 1. The summed E-state index contributed by atoms with van der Waals surface area (Å²) >= 11 is 5.22. The van der Waals surface area contributed by atoms with Crippen LogP contribution >= 0.6 is 27.3 Å². The van der Waals surface area contributed by atoms with Crippen molar-refractivity contribution >= 4 is 49.2 Å². The van der Waals surface area contributed by atoms with Crippen molar-refractivity contribution in [2.75, 3.05) is 0 Å². The highest BCUT2D eigenvalue weighted by molar-refractivity contribution is 9.10. The number of nitrogens with one attached hydrogen (secondary N) is 1. The second kappa shape index (κ2) is 9.07. The molecule has 6 heteroatoms. The largest absolute Gasteiger partial charge is 0.481 e. The maximum absolute atomic E-state index is 13.3. The number of carboxylic acid groups (broad SMARTS) is 1. The minimum atomic E-state index is -0.738. The van der Waals surface area contributed by atoms with Gasteiger partial charge in [-0.1, -0.05) is 48.0 Å². The lowest BCUT2D eigenvalue weighted by atomic mass is 9.44. The van der Waals surface area contributed by atoms with Crippen LogP contribution in [0.2, 0.25) is 0 Å². The molecule has 3 saturated carbocycles. The predicted molar refractivity (Wildman–Crippen MR) is 130 cm³/mol. The Morgan fingerprint density at radius 2 is 2.10 bits per heavy atom. The molecule has 4 unspecified atom stereocenters. The minimum Gasteiger partial charge on any atom is -0.481 e. The van der Waals surface area contributed by atoms with E-state index in [2.05, 4.69) is 53.3 Å². The zero-order chi connectivity index (χ0) is 22.2. The van der Waals surface area contributed by atoms with E-state index in [1.165, 1.54) is 6.42 Å². The monoisotopic (exact) mass is 503 g/mol. The smallest absolute Gasteiger partial charge is 0.303 e. The van der Waals surface area contributed by atoms with Crippen LogP contribution in [0.5, 0.6) is 0 Å². The van der Waals surface area contributed by atoms with Gasteiger partial charge < -0.3 is 10.4 Å². The fourth-order valence-corrected chi connectivity index (χ4v) is 7.24. The molecule has 1 heterocycles. The fraction of sp³-hybridized carbons (Fsp3) is 0.520. The number of benzene rings is 1. The van der Waals surface area contributed by atoms with Crippen molar-refractivity contribution in [2.45, 2.75) is 58.4 Å². The highest BCUT2D eigenvalue weighted by Gasteiger charge is 2.57. The highest BCUT2D eigenvalue weighted by atomic mass is 79.9. The fourth-order valence-electron chi connectivity index (χ4n) is 5.57. The van der Waals surface area contributed by atoms with E-state index in [9.17, 15) is 9.59 Å². The van der Waals surface area contributed by atoms with Gasteiger partial charge in [-0.15, -0.1) is 11.3 Å². The first-order valence-corrected chi connectivity index (χ1v) is 12.8. The van der Waals surface area contributed by atoms with Gasteiger partial charge in [0.1, 0.15) is 0 Å². The van der Waals surface area contributed by atoms with Gasteiger partial charge in [-0.3, -0.25) is 9.59 Å². The zero-order valence-electron chi connectivity index (χ0n) is 18.1. The Morgan fingerprint density at radius 1 is 1.29 bits per heavy atom. The van der Waals surface area contributed by atoms with Crippen molar-refractivity contribution in [3.05, 3.63) is 45.8 Å². The Balaban J connectivity index is 1.47. The van der Waals surface area contributed by atoms with Crippen LogP contribution in [0.3, 0.4) is 0 Å². The first-order valence-electron chi connectivity index (χ1n) is 11.1. The topological polar surface area (TPSA) is 66.4 Å². The number of fused-ring (bicyclic) bond motifs is 3. The van der Waals surface area contributed by atoms with Crippen molar-refractivity contribution in [3.63, 3.8) is 0 Å². The van der Waals surface area contributed by atoms with E-state index in [0.717, 1.165) is 45.3 Å². The summed E-state index contributed by atoms with van der Waals surface area (Å²) in [5.74, 6) is 0.962. The van der Waals surface area contributed by atoms with Crippen molar-refractivity contribution in [1.82, 2.24) is 5.32 Å². The number of halogens is 1. The summed E-state index contributed by atoms with van der Waals surface area (Å²) < 4.78 is 2.08. The van der Waals surface area contributed by atoms with Crippen LogP contribution in [-0.2, 0) is 4.79 Å². The van der Waals surface area contributed by atoms with Gasteiger partial charge in [0, 0.05) is 32.4 Å². The third-order valence-electron chi connectivity index (χ3n) is 7.53. The average molecular weight is 504 g/mol. The molecule has 0 spiro atoms. The molecule has 1 aromatic heterocycles. The third kappa shape index (κ3) is 4.47. The summed E-state index contributed by atoms with van der Waals surface area (Å²) in [6.45, 7) is 4.69. The summed E-state index contributed by atoms with van der Waals surface area (Å²) in [4.78, 5) is 24.0. The van der Waals surface area contributed by atoms with E-state index in [-0.39, 0.29) is 23.8 Å². The molecule has 1 amide bonds. The Morgan fingerprint density at radius 3 is 2.84 bits per heavy atom. The molecule has 0 saturated heterocycles. The van der Waals surface area contributed by atoms with E-state index in [1.807, 2.05) is 17.5 Å². The Kier molecular flexibility index (Phi) is 6.59. The van der Waals surface area contributed by atoms with E-state index >= 15 is 0 Å². The number of unbranched alkanes of at least 4 members (excludes halogenated alkanes) is 1. The molecule has 166 valence electrons. The summed E-state index contributed by atoms with van der Waals surface area (Å²) in [5, 5.41) is 15.2. The van der Waals surface area contributed by atoms with Gasteiger partial charge in [0.2, 0.25) is 0 Å². The minimum absolute atomic E-state index is 0.0275. The van der Waals surface area contributed by atoms with E-state index in [1.54, 1.807) is 11.3 Å².